The maximum Gasteiger partial charge on any atom is 0.309 e. The summed E-state index contributed by atoms with van der Waals surface area (Å²) in [5, 5.41) is 9.38. The van der Waals surface area contributed by atoms with E-state index in [9.17, 15) is 14.3 Å². The molecular weight excluding hydrogens is 337 g/mol. The number of hydrogen-bond acceptors (Lipinski definition) is 2. The SMILES string of the molecule is CC(C)(C(=O)O)C1CCCN(Cc2ccc(F)cc2Br)C1. The van der Waals surface area contributed by atoms with Gasteiger partial charge in [0.2, 0.25) is 0 Å². The van der Waals surface area contributed by atoms with Crippen LogP contribution in [0.25, 0.3) is 0 Å². The highest BCUT2D eigenvalue weighted by molar-refractivity contribution is 9.10. The summed E-state index contributed by atoms with van der Waals surface area (Å²) in [5.41, 5.74) is 0.323. The Hall–Kier alpha value is -0.940. The zero-order chi connectivity index (χ0) is 15.6. The Labute approximate surface area is 133 Å². The summed E-state index contributed by atoms with van der Waals surface area (Å²) in [4.78, 5) is 13.7. The first kappa shape index (κ1) is 16.4. The van der Waals surface area contributed by atoms with Gasteiger partial charge in [-0.2, -0.15) is 0 Å². The highest BCUT2D eigenvalue weighted by atomic mass is 79.9. The van der Waals surface area contributed by atoms with Gasteiger partial charge in [0.05, 0.1) is 5.41 Å². The molecular formula is C16H21BrFNO2. The molecule has 1 aliphatic rings. The molecule has 21 heavy (non-hydrogen) atoms. The summed E-state index contributed by atoms with van der Waals surface area (Å²) in [5.74, 6) is -0.852. The summed E-state index contributed by atoms with van der Waals surface area (Å²) in [7, 11) is 0. The maximum atomic E-state index is 13.1. The highest BCUT2D eigenvalue weighted by Crippen LogP contribution is 2.35. The summed E-state index contributed by atoms with van der Waals surface area (Å²) in [6, 6.07) is 4.71. The molecule has 3 nitrogen and oxygen atoms in total. The van der Waals surface area contributed by atoms with Gasteiger partial charge in [-0.25, -0.2) is 4.39 Å². The second-order valence-corrected chi connectivity index (χ2v) is 7.19. The van der Waals surface area contributed by atoms with Gasteiger partial charge < -0.3 is 5.11 Å². The Kier molecular flexibility index (Phi) is 5.04. The molecule has 1 fully saturated rings. The average Bonchev–Trinajstić information content (AvgIpc) is 2.42. The second kappa shape index (κ2) is 6.44. The Morgan fingerprint density at radius 1 is 1.52 bits per heavy atom. The van der Waals surface area contributed by atoms with E-state index in [2.05, 4.69) is 20.8 Å². The largest absolute Gasteiger partial charge is 0.481 e. The molecule has 2 rings (SSSR count). The Bertz CT molecular complexity index is 533. The van der Waals surface area contributed by atoms with E-state index in [1.54, 1.807) is 19.9 Å². The van der Waals surface area contributed by atoms with E-state index in [0.29, 0.717) is 6.54 Å². The van der Waals surface area contributed by atoms with Crippen molar-refractivity contribution in [3.05, 3.63) is 34.1 Å². The van der Waals surface area contributed by atoms with Gasteiger partial charge in [-0.1, -0.05) is 22.0 Å². The molecule has 1 saturated heterocycles. The standard InChI is InChI=1S/C16H21BrFNO2/c1-16(2,15(20)21)12-4-3-7-19(10-12)9-11-5-6-13(18)8-14(11)17/h5-6,8,12H,3-4,7,9-10H2,1-2H3,(H,20,21). The van der Waals surface area contributed by atoms with E-state index in [4.69, 9.17) is 0 Å². The molecule has 1 heterocycles. The average molecular weight is 358 g/mol. The number of nitrogens with zero attached hydrogens (tertiary/aromatic N) is 1. The van der Waals surface area contributed by atoms with E-state index >= 15 is 0 Å². The minimum atomic E-state index is -0.739. The first-order valence-corrected chi connectivity index (χ1v) is 7.99. The molecule has 0 radical (unpaired) electrons. The predicted octanol–water partition coefficient (Wildman–Crippen LogP) is 3.91. The Morgan fingerprint density at radius 2 is 2.24 bits per heavy atom. The molecule has 1 atom stereocenters. The Morgan fingerprint density at radius 3 is 2.86 bits per heavy atom. The van der Waals surface area contributed by atoms with Gasteiger partial charge in [-0.05, 0) is 56.8 Å². The zero-order valence-corrected chi connectivity index (χ0v) is 14.0. The van der Waals surface area contributed by atoms with Crippen molar-refractivity contribution in [1.82, 2.24) is 4.90 Å². The molecule has 1 aromatic rings. The number of likely N-dealkylation sites (tertiary alicyclic amines) is 1. The fraction of sp³-hybridized carbons (Fsp3) is 0.562. The number of carbonyl (C=O) groups is 1. The van der Waals surface area contributed by atoms with Crippen LogP contribution >= 0.6 is 15.9 Å². The van der Waals surface area contributed by atoms with Gasteiger partial charge in [0.1, 0.15) is 5.82 Å². The molecule has 116 valence electrons. The van der Waals surface area contributed by atoms with Crippen molar-refractivity contribution >= 4 is 21.9 Å². The van der Waals surface area contributed by atoms with Crippen molar-refractivity contribution < 1.29 is 14.3 Å². The molecule has 0 bridgehead atoms. The van der Waals surface area contributed by atoms with Gasteiger partial charge in [-0.3, -0.25) is 9.69 Å². The van der Waals surface area contributed by atoms with Crippen LogP contribution in [0.5, 0.6) is 0 Å². The van der Waals surface area contributed by atoms with Crippen LogP contribution in [-0.4, -0.2) is 29.1 Å². The van der Waals surface area contributed by atoms with Crippen molar-refractivity contribution in [2.24, 2.45) is 11.3 Å². The lowest BCUT2D eigenvalue weighted by molar-refractivity contribution is -0.151. The van der Waals surface area contributed by atoms with Crippen molar-refractivity contribution in [2.45, 2.75) is 33.2 Å². The van der Waals surface area contributed by atoms with Crippen LogP contribution in [0.1, 0.15) is 32.3 Å². The first-order valence-electron chi connectivity index (χ1n) is 7.20. The fourth-order valence-corrected chi connectivity index (χ4v) is 3.33. The quantitative estimate of drug-likeness (QED) is 0.887. The van der Waals surface area contributed by atoms with E-state index in [0.717, 1.165) is 36.0 Å². The van der Waals surface area contributed by atoms with Crippen molar-refractivity contribution in [3.8, 4) is 0 Å². The number of hydrogen-bond donors (Lipinski definition) is 1. The normalized spacial score (nSPS) is 20.5. The van der Waals surface area contributed by atoms with Gasteiger partial charge in [0, 0.05) is 17.6 Å². The first-order chi connectivity index (χ1) is 9.80. The lowest BCUT2D eigenvalue weighted by atomic mass is 9.74. The molecule has 5 heteroatoms. The summed E-state index contributed by atoms with van der Waals surface area (Å²) in [6.45, 7) is 6.04. The number of aliphatic carboxylic acids is 1. The predicted molar refractivity (Wildman–Crippen MR) is 83.5 cm³/mol. The van der Waals surface area contributed by atoms with E-state index in [1.165, 1.54) is 12.1 Å². The van der Waals surface area contributed by atoms with Gasteiger partial charge in [-0.15, -0.1) is 0 Å². The fourth-order valence-electron chi connectivity index (χ4n) is 2.85. The van der Waals surface area contributed by atoms with Crippen LogP contribution in [0.4, 0.5) is 4.39 Å². The molecule has 0 aliphatic carbocycles. The van der Waals surface area contributed by atoms with Crippen molar-refractivity contribution in [1.29, 1.82) is 0 Å². The van der Waals surface area contributed by atoms with Crippen LogP contribution in [0.15, 0.2) is 22.7 Å². The molecule has 1 aromatic carbocycles. The topological polar surface area (TPSA) is 40.5 Å². The van der Waals surface area contributed by atoms with Crippen LogP contribution in [-0.2, 0) is 11.3 Å². The van der Waals surface area contributed by atoms with Gasteiger partial charge in [0.15, 0.2) is 0 Å². The van der Waals surface area contributed by atoms with E-state index in [1.807, 2.05) is 0 Å². The van der Waals surface area contributed by atoms with Crippen LogP contribution in [0.3, 0.4) is 0 Å². The van der Waals surface area contributed by atoms with E-state index in [-0.39, 0.29) is 11.7 Å². The summed E-state index contributed by atoms with van der Waals surface area (Å²) < 4.78 is 13.9. The van der Waals surface area contributed by atoms with Crippen molar-refractivity contribution in [3.63, 3.8) is 0 Å². The lowest BCUT2D eigenvalue weighted by Crippen LogP contribution is -2.44. The third kappa shape index (κ3) is 3.83. The summed E-state index contributed by atoms with van der Waals surface area (Å²) in [6.07, 6.45) is 1.95. The zero-order valence-electron chi connectivity index (χ0n) is 12.4. The number of benzene rings is 1. The van der Waals surface area contributed by atoms with E-state index < -0.39 is 11.4 Å². The number of halogens is 2. The molecule has 0 amide bonds. The maximum absolute atomic E-state index is 13.1. The third-order valence-corrected chi connectivity index (χ3v) is 5.22. The molecule has 0 aromatic heterocycles. The monoisotopic (exact) mass is 357 g/mol. The molecule has 1 aliphatic heterocycles. The number of rotatable bonds is 4. The number of carboxylic acid groups (broad SMARTS) is 1. The van der Waals surface area contributed by atoms with Crippen molar-refractivity contribution in [2.75, 3.05) is 13.1 Å². The van der Waals surface area contributed by atoms with Crippen LogP contribution in [0.2, 0.25) is 0 Å². The number of carboxylic acids is 1. The molecule has 1 unspecified atom stereocenters. The van der Waals surface area contributed by atoms with Gasteiger partial charge in [0.25, 0.3) is 0 Å². The minimum absolute atomic E-state index is 0.142. The number of piperidine rings is 1. The second-order valence-electron chi connectivity index (χ2n) is 6.34. The molecule has 0 spiro atoms. The minimum Gasteiger partial charge on any atom is -0.481 e. The molecule has 0 saturated carbocycles. The lowest BCUT2D eigenvalue weighted by Gasteiger charge is -2.39. The van der Waals surface area contributed by atoms with Crippen LogP contribution < -0.4 is 0 Å². The van der Waals surface area contributed by atoms with Crippen LogP contribution in [0, 0.1) is 17.2 Å². The Balaban J connectivity index is 2.06. The highest BCUT2D eigenvalue weighted by Gasteiger charge is 2.39. The van der Waals surface area contributed by atoms with Gasteiger partial charge >= 0.3 is 5.97 Å². The smallest absolute Gasteiger partial charge is 0.309 e. The molecule has 1 N–H and O–H groups in total. The third-order valence-electron chi connectivity index (χ3n) is 4.49. The summed E-state index contributed by atoms with van der Waals surface area (Å²) >= 11 is 3.39.